The number of hydrogen-bond acceptors (Lipinski definition) is 3. The molecule has 1 aromatic carbocycles. The number of nitrogens with zero attached hydrogens (tertiary/aromatic N) is 1. The second-order valence-corrected chi connectivity index (χ2v) is 5.15. The van der Waals surface area contributed by atoms with E-state index in [1.807, 2.05) is 18.2 Å². The van der Waals surface area contributed by atoms with Crippen LogP contribution >= 0.6 is 0 Å². The van der Waals surface area contributed by atoms with Gasteiger partial charge >= 0.3 is 6.09 Å². The molecule has 0 aliphatic carbocycles. The molecule has 0 heterocycles. The van der Waals surface area contributed by atoms with Crippen molar-refractivity contribution in [2.45, 2.75) is 33.6 Å². The van der Waals surface area contributed by atoms with Gasteiger partial charge in [-0.3, -0.25) is 4.79 Å². The van der Waals surface area contributed by atoms with Crippen LogP contribution in [0.15, 0.2) is 24.3 Å². The zero-order valence-electron chi connectivity index (χ0n) is 12.1. The Bertz CT molecular complexity index is 466. The molecule has 19 heavy (non-hydrogen) atoms. The highest BCUT2D eigenvalue weighted by atomic mass is 16.6. The van der Waals surface area contributed by atoms with Gasteiger partial charge in [0.1, 0.15) is 5.75 Å². The van der Waals surface area contributed by atoms with Crippen LogP contribution in [0.25, 0.3) is 0 Å². The average molecular weight is 263 g/mol. The number of imide groups is 1. The molecular formula is C15H21NO3. The van der Waals surface area contributed by atoms with E-state index >= 15 is 0 Å². The number of carbonyl (C=O) groups excluding carboxylic acids is 2. The van der Waals surface area contributed by atoms with Crippen molar-refractivity contribution >= 4 is 12.0 Å². The molecular weight excluding hydrogens is 242 g/mol. The van der Waals surface area contributed by atoms with Crippen molar-refractivity contribution < 1.29 is 14.3 Å². The molecule has 2 amide bonds. The van der Waals surface area contributed by atoms with Crippen molar-refractivity contribution in [3.8, 4) is 5.75 Å². The molecule has 0 spiro atoms. The van der Waals surface area contributed by atoms with Gasteiger partial charge in [-0.15, -0.1) is 0 Å². The third kappa shape index (κ3) is 4.09. The number of rotatable bonds is 3. The lowest BCUT2D eigenvalue weighted by atomic mass is 10.0. The van der Waals surface area contributed by atoms with Crippen LogP contribution in [0, 0.1) is 5.92 Å². The van der Waals surface area contributed by atoms with Crippen LogP contribution in [0.5, 0.6) is 5.75 Å². The number of benzene rings is 1. The van der Waals surface area contributed by atoms with Crippen LogP contribution in [0.4, 0.5) is 4.79 Å². The molecule has 0 aliphatic rings. The molecule has 0 fully saturated rings. The van der Waals surface area contributed by atoms with Crippen LogP contribution < -0.4 is 4.74 Å². The monoisotopic (exact) mass is 263 g/mol. The quantitative estimate of drug-likeness (QED) is 0.839. The Hall–Kier alpha value is -1.84. The lowest BCUT2D eigenvalue weighted by molar-refractivity contribution is -0.130. The Morgan fingerprint density at radius 3 is 2.32 bits per heavy atom. The molecule has 1 aromatic rings. The summed E-state index contributed by atoms with van der Waals surface area (Å²) in [5.41, 5.74) is 1.09. The van der Waals surface area contributed by atoms with Crippen molar-refractivity contribution in [3.63, 3.8) is 0 Å². The number of carbonyl (C=O) groups is 2. The van der Waals surface area contributed by atoms with E-state index in [-0.39, 0.29) is 11.8 Å². The van der Waals surface area contributed by atoms with Gasteiger partial charge in [0.25, 0.3) is 0 Å². The Morgan fingerprint density at radius 1 is 1.16 bits per heavy atom. The van der Waals surface area contributed by atoms with Crippen molar-refractivity contribution in [2.75, 3.05) is 7.05 Å². The fourth-order valence-corrected chi connectivity index (χ4v) is 1.58. The van der Waals surface area contributed by atoms with E-state index in [9.17, 15) is 9.59 Å². The van der Waals surface area contributed by atoms with Crippen molar-refractivity contribution in [1.82, 2.24) is 4.90 Å². The summed E-state index contributed by atoms with van der Waals surface area (Å²) < 4.78 is 5.20. The SMILES string of the molecule is CC(C)C(=O)N(C)C(=O)Oc1cccc(C(C)C)c1. The zero-order valence-corrected chi connectivity index (χ0v) is 12.1. The summed E-state index contributed by atoms with van der Waals surface area (Å²) in [5, 5.41) is 0. The Balaban J connectivity index is 2.77. The number of ether oxygens (including phenoxy) is 1. The molecule has 0 aromatic heterocycles. The van der Waals surface area contributed by atoms with Gasteiger partial charge in [-0.2, -0.15) is 0 Å². The normalized spacial score (nSPS) is 10.7. The predicted molar refractivity (Wildman–Crippen MR) is 74.2 cm³/mol. The van der Waals surface area contributed by atoms with Gasteiger partial charge in [-0.05, 0) is 23.6 Å². The molecule has 4 nitrogen and oxygen atoms in total. The summed E-state index contributed by atoms with van der Waals surface area (Å²) in [7, 11) is 1.43. The lowest BCUT2D eigenvalue weighted by Gasteiger charge is -2.17. The van der Waals surface area contributed by atoms with Gasteiger partial charge in [-0.1, -0.05) is 39.8 Å². The fourth-order valence-electron chi connectivity index (χ4n) is 1.58. The highest BCUT2D eigenvalue weighted by Crippen LogP contribution is 2.20. The minimum absolute atomic E-state index is 0.237. The maximum Gasteiger partial charge on any atom is 0.421 e. The van der Waals surface area contributed by atoms with Gasteiger partial charge in [0.05, 0.1) is 0 Å². The molecule has 0 N–H and O–H groups in total. The van der Waals surface area contributed by atoms with Gasteiger partial charge < -0.3 is 4.74 Å². The first-order valence-corrected chi connectivity index (χ1v) is 6.42. The van der Waals surface area contributed by atoms with Gasteiger partial charge in [0.2, 0.25) is 5.91 Å². The summed E-state index contributed by atoms with van der Waals surface area (Å²) in [6.45, 7) is 7.61. The maximum atomic E-state index is 11.8. The second kappa shape index (κ2) is 6.36. The first kappa shape index (κ1) is 15.2. The van der Waals surface area contributed by atoms with E-state index in [2.05, 4.69) is 13.8 Å². The standard InChI is InChI=1S/C15H21NO3/c1-10(2)12-7-6-8-13(9-12)19-15(18)16(5)14(17)11(3)4/h6-11H,1-5H3. The summed E-state index contributed by atoms with van der Waals surface area (Å²) in [4.78, 5) is 24.5. The predicted octanol–water partition coefficient (Wildman–Crippen LogP) is 3.42. The van der Waals surface area contributed by atoms with E-state index in [4.69, 9.17) is 4.74 Å². The molecule has 0 atom stereocenters. The van der Waals surface area contributed by atoms with E-state index < -0.39 is 6.09 Å². The van der Waals surface area contributed by atoms with E-state index in [1.54, 1.807) is 19.9 Å². The molecule has 4 heteroatoms. The summed E-state index contributed by atoms with van der Waals surface area (Å²) >= 11 is 0. The first-order valence-electron chi connectivity index (χ1n) is 6.42. The van der Waals surface area contributed by atoms with Crippen LogP contribution in [0.1, 0.15) is 39.2 Å². The maximum absolute atomic E-state index is 11.8. The average Bonchev–Trinajstić information content (AvgIpc) is 2.37. The van der Waals surface area contributed by atoms with E-state index in [0.717, 1.165) is 10.5 Å². The Labute approximate surface area is 114 Å². The van der Waals surface area contributed by atoms with Crippen molar-refractivity contribution in [1.29, 1.82) is 0 Å². The molecule has 0 saturated heterocycles. The first-order chi connectivity index (χ1) is 8.82. The molecule has 0 bridgehead atoms. The number of hydrogen-bond donors (Lipinski definition) is 0. The minimum atomic E-state index is -0.653. The largest absolute Gasteiger partial charge is 0.421 e. The highest BCUT2D eigenvalue weighted by molar-refractivity contribution is 5.93. The van der Waals surface area contributed by atoms with Crippen LogP contribution in [-0.2, 0) is 4.79 Å². The third-order valence-corrected chi connectivity index (χ3v) is 2.83. The second-order valence-electron chi connectivity index (χ2n) is 5.15. The smallest absolute Gasteiger partial charge is 0.410 e. The highest BCUT2D eigenvalue weighted by Gasteiger charge is 2.21. The summed E-state index contributed by atoms with van der Waals surface area (Å²) in [6.07, 6.45) is -0.653. The third-order valence-electron chi connectivity index (χ3n) is 2.83. The van der Waals surface area contributed by atoms with Crippen molar-refractivity contribution in [2.24, 2.45) is 5.92 Å². The summed E-state index contributed by atoms with van der Waals surface area (Å²) in [5.74, 6) is 0.317. The molecule has 0 aliphatic heterocycles. The Kier molecular flexibility index (Phi) is 5.10. The number of amides is 2. The molecule has 1 rings (SSSR count). The lowest BCUT2D eigenvalue weighted by Crippen LogP contribution is -2.37. The fraction of sp³-hybridized carbons (Fsp3) is 0.467. The van der Waals surface area contributed by atoms with Crippen molar-refractivity contribution in [3.05, 3.63) is 29.8 Å². The van der Waals surface area contributed by atoms with Crippen LogP contribution in [-0.4, -0.2) is 23.9 Å². The van der Waals surface area contributed by atoms with E-state index in [1.165, 1.54) is 7.05 Å². The van der Waals surface area contributed by atoms with Crippen LogP contribution in [0.2, 0.25) is 0 Å². The van der Waals surface area contributed by atoms with Gasteiger partial charge in [0, 0.05) is 13.0 Å². The molecule has 0 radical (unpaired) electrons. The topological polar surface area (TPSA) is 46.6 Å². The molecule has 0 unspecified atom stereocenters. The zero-order chi connectivity index (χ0) is 14.6. The van der Waals surface area contributed by atoms with E-state index in [0.29, 0.717) is 11.7 Å². The summed E-state index contributed by atoms with van der Waals surface area (Å²) in [6, 6.07) is 7.33. The Morgan fingerprint density at radius 2 is 1.79 bits per heavy atom. The van der Waals surface area contributed by atoms with Gasteiger partial charge in [0.15, 0.2) is 0 Å². The minimum Gasteiger partial charge on any atom is -0.410 e. The molecule has 104 valence electrons. The molecule has 0 saturated carbocycles. The van der Waals surface area contributed by atoms with Gasteiger partial charge in [-0.25, -0.2) is 9.69 Å². The van der Waals surface area contributed by atoms with Crippen LogP contribution in [0.3, 0.4) is 0 Å².